The Balaban J connectivity index is 2.05. The standard InChI is InChI=1S/C12H12N2S/c1-2-5-11-9-13-12(8-10(11)4-1)14-6-3-7-15-14/h1-2,4-5,8-9H,3,6-7H2. The molecule has 0 spiro atoms. The third-order valence-corrected chi connectivity index (χ3v) is 3.78. The van der Waals surface area contributed by atoms with Gasteiger partial charge >= 0.3 is 0 Å². The molecule has 1 aromatic carbocycles. The fourth-order valence-electron chi connectivity index (χ4n) is 1.84. The van der Waals surface area contributed by atoms with Crippen LogP contribution < -0.4 is 4.31 Å². The summed E-state index contributed by atoms with van der Waals surface area (Å²) in [6, 6.07) is 10.5. The van der Waals surface area contributed by atoms with Gasteiger partial charge < -0.3 is 4.31 Å². The Bertz CT molecular complexity index is 478. The molecule has 0 unspecified atom stereocenters. The molecule has 2 aromatic rings. The molecule has 2 nitrogen and oxygen atoms in total. The molecule has 2 heterocycles. The molecular weight excluding hydrogens is 204 g/mol. The van der Waals surface area contributed by atoms with E-state index in [1.165, 1.54) is 22.9 Å². The average molecular weight is 216 g/mol. The molecule has 1 aliphatic rings. The van der Waals surface area contributed by atoms with E-state index in [0.717, 1.165) is 12.4 Å². The molecule has 1 aliphatic heterocycles. The minimum atomic E-state index is 1.09. The summed E-state index contributed by atoms with van der Waals surface area (Å²) in [7, 11) is 0. The van der Waals surface area contributed by atoms with Gasteiger partial charge in [0.2, 0.25) is 0 Å². The van der Waals surface area contributed by atoms with Gasteiger partial charge in [0.05, 0.1) is 0 Å². The van der Waals surface area contributed by atoms with E-state index in [4.69, 9.17) is 0 Å². The van der Waals surface area contributed by atoms with Crippen LogP contribution in [0.15, 0.2) is 36.5 Å². The summed E-state index contributed by atoms with van der Waals surface area (Å²) in [4.78, 5) is 4.49. The van der Waals surface area contributed by atoms with Crippen LogP contribution in [0.25, 0.3) is 10.8 Å². The molecule has 1 fully saturated rings. The van der Waals surface area contributed by atoms with E-state index in [1.807, 2.05) is 24.2 Å². The maximum absolute atomic E-state index is 4.49. The van der Waals surface area contributed by atoms with E-state index in [9.17, 15) is 0 Å². The third-order valence-electron chi connectivity index (χ3n) is 2.62. The molecule has 3 rings (SSSR count). The first-order chi connectivity index (χ1) is 7.43. The zero-order valence-electron chi connectivity index (χ0n) is 8.39. The molecule has 15 heavy (non-hydrogen) atoms. The molecule has 76 valence electrons. The van der Waals surface area contributed by atoms with Crippen molar-refractivity contribution in [3.05, 3.63) is 36.5 Å². The van der Waals surface area contributed by atoms with Crippen LogP contribution in [0.3, 0.4) is 0 Å². The highest BCUT2D eigenvalue weighted by molar-refractivity contribution is 8.00. The van der Waals surface area contributed by atoms with Crippen molar-refractivity contribution in [3.63, 3.8) is 0 Å². The Morgan fingerprint density at radius 1 is 1.20 bits per heavy atom. The monoisotopic (exact) mass is 216 g/mol. The molecule has 0 aliphatic carbocycles. The number of hydrogen-bond donors (Lipinski definition) is 0. The first-order valence-electron chi connectivity index (χ1n) is 5.19. The van der Waals surface area contributed by atoms with Gasteiger partial charge in [-0.25, -0.2) is 4.98 Å². The number of pyridine rings is 1. The second-order valence-corrected chi connectivity index (χ2v) is 4.79. The van der Waals surface area contributed by atoms with E-state index in [-0.39, 0.29) is 0 Å². The molecule has 0 N–H and O–H groups in total. The maximum atomic E-state index is 4.49. The number of fused-ring (bicyclic) bond motifs is 1. The fraction of sp³-hybridized carbons (Fsp3) is 0.250. The average Bonchev–Trinajstić information content (AvgIpc) is 2.82. The van der Waals surface area contributed by atoms with Crippen LogP contribution in [0.2, 0.25) is 0 Å². The van der Waals surface area contributed by atoms with Crippen molar-refractivity contribution in [3.8, 4) is 0 Å². The Labute approximate surface area is 93.4 Å². The fourth-order valence-corrected chi connectivity index (χ4v) is 2.81. The SMILES string of the molecule is c1ccc2cc(N3CCCS3)ncc2c1. The molecule has 0 bridgehead atoms. The first-order valence-corrected chi connectivity index (χ1v) is 6.13. The molecule has 0 radical (unpaired) electrons. The topological polar surface area (TPSA) is 16.1 Å². The predicted molar refractivity (Wildman–Crippen MR) is 66.2 cm³/mol. The van der Waals surface area contributed by atoms with Crippen LogP contribution in [0, 0.1) is 0 Å². The van der Waals surface area contributed by atoms with Crippen LogP contribution in [0.4, 0.5) is 5.82 Å². The molecule has 0 saturated carbocycles. The van der Waals surface area contributed by atoms with Crippen LogP contribution in [-0.4, -0.2) is 17.3 Å². The largest absolute Gasteiger partial charge is 0.301 e. The minimum absolute atomic E-state index is 1.09. The van der Waals surface area contributed by atoms with Crippen molar-refractivity contribution < 1.29 is 0 Å². The van der Waals surface area contributed by atoms with E-state index in [1.54, 1.807) is 0 Å². The predicted octanol–water partition coefficient (Wildman–Crippen LogP) is 3.09. The number of rotatable bonds is 1. The van der Waals surface area contributed by atoms with Gasteiger partial charge in [0.1, 0.15) is 5.82 Å². The molecule has 0 amide bonds. The smallest absolute Gasteiger partial charge is 0.139 e. The summed E-state index contributed by atoms with van der Waals surface area (Å²) in [5, 5.41) is 2.49. The minimum Gasteiger partial charge on any atom is -0.301 e. The summed E-state index contributed by atoms with van der Waals surface area (Å²) in [5.41, 5.74) is 0. The molecular formula is C12H12N2S. The van der Waals surface area contributed by atoms with Gasteiger partial charge in [-0.1, -0.05) is 24.3 Å². The van der Waals surface area contributed by atoms with E-state index in [0.29, 0.717) is 0 Å². The van der Waals surface area contributed by atoms with Crippen LogP contribution in [0.1, 0.15) is 6.42 Å². The van der Waals surface area contributed by atoms with Crippen molar-refractivity contribution in [1.29, 1.82) is 0 Å². The molecule has 0 atom stereocenters. The lowest BCUT2D eigenvalue weighted by molar-refractivity contribution is 0.975. The van der Waals surface area contributed by atoms with Gasteiger partial charge in [-0.05, 0) is 29.8 Å². The van der Waals surface area contributed by atoms with Crippen molar-refractivity contribution in [2.75, 3.05) is 16.6 Å². The lowest BCUT2D eigenvalue weighted by Gasteiger charge is -2.14. The lowest BCUT2D eigenvalue weighted by Crippen LogP contribution is -2.10. The summed E-state index contributed by atoms with van der Waals surface area (Å²) in [5.74, 6) is 2.31. The van der Waals surface area contributed by atoms with Crippen molar-refractivity contribution in [2.45, 2.75) is 6.42 Å². The van der Waals surface area contributed by atoms with Crippen molar-refractivity contribution in [2.24, 2.45) is 0 Å². The summed E-state index contributed by atoms with van der Waals surface area (Å²) in [6.45, 7) is 1.12. The highest BCUT2D eigenvalue weighted by Gasteiger charge is 2.14. The van der Waals surface area contributed by atoms with E-state index >= 15 is 0 Å². The summed E-state index contributed by atoms with van der Waals surface area (Å²) < 4.78 is 2.28. The van der Waals surface area contributed by atoms with Crippen LogP contribution in [0.5, 0.6) is 0 Å². The first kappa shape index (κ1) is 9.04. The Morgan fingerprint density at radius 3 is 2.87 bits per heavy atom. The Kier molecular flexibility index (Phi) is 2.25. The number of anilines is 1. The maximum Gasteiger partial charge on any atom is 0.139 e. The van der Waals surface area contributed by atoms with Gasteiger partial charge in [0, 0.05) is 23.9 Å². The van der Waals surface area contributed by atoms with Gasteiger partial charge in [-0.2, -0.15) is 0 Å². The highest BCUT2D eigenvalue weighted by atomic mass is 32.2. The summed E-state index contributed by atoms with van der Waals surface area (Å²) >= 11 is 1.87. The van der Waals surface area contributed by atoms with E-state index < -0.39 is 0 Å². The number of benzene rings is 1. The number of nitrogens with zero attached hydrogens (tertiary/aromatic N) is 2. The zero-order valence-corrected chi connectivity index (χ0v) is 9.20. The van der Waals surface area contributed by atoms with Crippen LogP contribution >= 0.6 is 11.9 Å². The highest BCUT2D eigenvalue weighted by Crippen LogP contribution is 2.28. The van der Waals surface area contributed by atoms with Gasteiger partial charge in [-0.3, -0.25) is 0 Å². The molecule has 1 aromatic heterocycles. The van der Waals surface area contributed by atoms with E-state index in [2.05, 4.69) is 33.6 Å². The Morgan fingerprint density at radius 2 is 2.07 bits per heavy atom. The normalized spacial score (nSPS) is 16.1. The van der Waals surface area contributed by atoms with Gasteiger partial charge in [0.15, 0.2) is 0 Å². The summed E-state index contributed by atoms with van der Waals surface area (Å²) in [6.07, 6.45) is 3.22. The Hall–Kier alpha value is -1.22. The van der Waals surface area contributed by atoms with Crippen molar-refractivity contribution in [1.82, 2.24) is 4.98 Å². The zero-order chi connectivity index (χ0) is 10.1. The number of hydrogen-bond acceptors (Lipinski definition) is 3. The third kappa shape index (κ3) is 1.67. The quantitative estimate of drug-likeness (QED) is 0.681. The lowest BCUT2D eigenvalue weighted by atomic mass is 10.2. The number of aromatic nitrogens is 1. The van der Waals surface area contributed by atoms with Crippen LogP contribution in [-0.2, 0) is 0 Å². The van der Waals surface area contributed by atoms with Gasteiger partial charge in [-0.15, -0.1) is 0 Å². The van der Waals surface area contributed by atoms with Crippen molar-refractivity contribution >= 4 is 28.5 Å². The molecule has 3 heteroatoms. The molecule has 1 saturated heterocycles. The second kappa shape index (κ2) is 3.74. The van der Waals surface area contributed by atoms with Gasteiger partial charge in [0.25, 0.3) is 0 Å². The second-order valence-electron chi connectivity index (χ2n) is 3.68.